The topological polar surface area (TPSA) is 54.0 Å². The minimum atomic E-state index is 0. The Labute approximate surface area is 202 Å². The summed E-state index contributed by atoms with van der Waals surface area (Å²) in [6.45, 7) is 0.864. The fraction of sp³-hybridized carbons (Fsp3) is 0.154. The van der Waals surface area contributed by atoms with Gasteiger partial charge in [-0.3, -0.25) is 4.98 Å². The second kappa shape index (κ2) is 8.21. The number of anilines is 1. The third kappa shape index (κ3) is 3.56. The number of ether oxygens (including phenoxy) is 1. The molecule has 0 aliphatic carbocycles. The van der Waals surface area contributed by atoms with Crippen molar-refractivity contribution in [2.24, 2.45) is 0 Å². The molecule has 4 heterocycles. The number of nitrogens with zero attached hydrogens (tertiary/aromatic N) is 3. The van der Waals surface area contributed by atoms with Crippen LogP contribution in [0.1, 0.15) is 24.3 Å². The van der Waals surface area contributed by atoms with Crippen molar-refractivity contribution in [2.75, 3.05) is 18.6 Å². The standard InChI is InChI=1S/C26H21ClN4OS.H2/c1-32-19-7-4-16(5-8-19)25-24-20(21-13-18(27)6-9-22(21)29-24)10-12-31(25)26-30-23(15-33-26)17-3-2-11-28-14-17;/h2-9,11,13-15,25,29H,10,12H2,1H3;1H. The molecule has 5 nitrogen and oxygen atoms in total. The van der Waals surface area contributed by atoms with Crippen molar-refractivity contribution in [2.45, 2.75) is 12.5 Å². The Morgan fingerprint density at radius 3 is 2.85 bits per heavy atom. The first-order valence-electron chi connectivity index (χ1n) is 10.8. The summed E-state index contributed by atoms with van der Waals surface area (Å²) in [6, 6.07) is 18.4. The van der Waals surface area contributed by atoms with Crippen molar-refractivity contribution < 1.29 is 6.16 Å². The summed E-state index contributed by atoms with van der Waals surface area (Å²) >= 11 is 8.01. The molecule has 1 aliphatic heterocycles. The van der Waals surface area contributed by atoms with E-state index in [1.165, 1.54) is 22.2 Å². The molecule has 0 spiro atoms. The summed E-state index contributed by atoms with van der Waals surface area (Å²) in [5, 5.41) is 5.06. The SMILES string of the molecule is COc1ccc(C2c3[nH]c4ccc(Cl)cc4c3CCN2c2nc(-c3cccnc3)cs2)cc1.[HH]. The molecule has 0 bridgehead atoms. The Morgan fingerprint density at radius 2 is 2.06 bits per heavy atom. The number of aromatic amines is 1. The van der Waals surface area contributed by atoms with Gasteiger partial charge in [-0.05, 0) is 60.0 Å². The normalized spacial score (nSPS) is 15.6. The Kier molecular flexibility index (Phi) is 5.04. The number of nitrogens with one attached hydrogen (secondary N) is 1. The van der Waals surface area contributed by atoms with Crippen molar-refractivity contribution in [3.05, 3.63) is 94.2 Å². The number of benzene rings is 2. The van der Waals surface area contributed by atoms with Gasteiger partial charge >= 0.3 is 0 Å². The third-order valence-corrected chi connectivity index (χ3v) is 7.33. The first-order valence-corrected chi connectivity index (χ1v) is 12.0. The first kappa shape index (κ1) is 20.3. The predicted octanol–water partition coefficient (Wildman–Crippen LogP) is 6.75. The van der Waals surface area contributed by atoms with E-state index in [-0.39, 0.29) is 7.47 Å². The van der Waals surface area contributed by atoms with E-state index in [9.17, 15) is 0 Å². The van der Waals surface area contributed by atoms with Gasteiger partial charge in [-0.2, -0.15) is 0 Å². The lowest BCUT2D eigenvalue weighted by molar-refractivity contribution is 0.414. The molecule has 5 aromatic rings. The van der Waals surface area contributed by atoms with Crippen LogP contribution in [0.2, 0.25) is 5.02 Å². The molecule has 0 fully saturated rings. The van der Waals surface area contributed by atoms with Crippen LogP contribution in [0.4, 0.5) is 5.13 Å². The molecule has 3 aromatic heterocycles. The molecule has 1 aliphatic rings. The van der Waals surface area contributed by atoms with E-state index in [2.05, 4.69) is 44.5 Å². The highest BCUT2D eigenvalue weighted by atomic mass is 35.5. The van der Waals surface area contributed by atoms with Crippen molar-refractivity contribution in [3.8, 4) is 17.0 Å². The van der Waals surface area contributed by atoms with Gasteiger partial charge < -0.3 is 14.6 Å². The number of methoxy groups -OCH3 is 1. The molecule has 166 valence electrons. The summed E-state index contributed by atoms with van der Waals surface area (Å²) < 4.78 is 5.40. The van der Waals surface area contributed by atoms with Gasteiger partial charge in [0.2, 0.25) is 0 Å². The van der Waals surface area contributed by atoms with Gasteiger partial charge in [0.05, 0.1) is 18.8 Å². The molecule has 0 saturated carbocycles. The number of hydrogen-bond donors (Lipinski definition) is 1. The third-order valence-electron chi connectivity index (χ3n) is 6.22. The molecule has 7 heteroatoms. The van der Waals surface area contributed by atoms with Crippen LogP contribution in [0, 0.1) is 0 Å². The molecule has 33 heavy (non-hydrogen) atoms. The van der Waals surface area contributed by atoms with Crippen molar-refractivity contribution >= 4 is 39.0 Å². The molecule has 2 aromatic carbocycles. The van der Waals surface area contributed by atoms with Crippen molar-refractivity contribution in [3.63, 3.8) is 0 Å². The fourth-order valence-electron chi connectivity index (χ4n) is 4.64. The lowest BCUT2D eigenvalue weighted by atomic mass is 9.92. The number of aromatic nitrogens is 3. The summed E-state index contributed by atoms with van der Waals surface area (Å²) in [5.74, 6) is 0.845. The Hall–Kier alpha value is -3.35. The zero-order valence-electron chi connectivity index (χ0n) is 18.0. The van der Waals surface area contributed by atoms with Crippen LogP contribution in [0.5, 0.6) is 5.75 Å². The van der Waals surface area contributed by atoms with Crippen molar-refractivity contribution in [1.82, 2.24) is 15.0 Å². The number of fused-ring (bicyclic) bond motifs is 3. The molecular weight excluding hydrogens is 452 g/mol. The van der Waals surface area contributed by atoms with E-state index in [4.69, 9.17) is 21.3 Å². The number of halogens is 1. The molecule has 6 rings (SSSR count). The zero-order valence-corrected chi connectivity index (χ0v) is 19.5. The van der Waals surface area contributed by atoms with E-state index in [1.807, 2.05) is 36.5 Å². The van der Waals surface area contributed by atoms with Crippen LogP contribution in [0.15, 0.2) is 72.4 Å². The van der Waals surface area contributed by atoms with E-state index in [0.717, 1.165) is 45.6 Å². The largest absolute Gasteiger partial charge is 0.497 e. The molecule has 1 N–H and O–H groups in total. The summed E-state index contributed by atoms with van der Waals surface area (Å²) in [4.78, 5) is 15.3. The number of H-pyrrole nitrogens is 1. The molecule has 0 amide bonds. The predicted molar refractivity (Wildman–Crippen MR) is 137 cm³/mol. The van der Waals surface area contributed by atoms with E-state index >= 15 is 0 Å². The molecule has 1 atom stereocenters. The molecule has 0 radical (unpaired) electrons. The minimum absolute atomic E-state index is 0. The number of thiazole rings is 1. The number of rotatable bonds is 4. The van der Waals surface area contributed by atoms with Gasteiger partial charge in [-0.25, -0.2) is 4.98 Å². The zero-order chi connectivity index (χ0) is 22.4. The van der Waals surface area contributed by atoms with Gasteiger partial charge in [0, 0.05) is 52.9 Å². The smallest absolute Gasteiger partial charge is 0.186 e. The van der Waals surface area contributed by atoms with Gasteiger partial charge in [-0.15, -0.1) is 11.3 Å². The van der Waals surface area contributed by atoms with Crippen LogP contribution in [0.3, 0.4) is 0 Å². The summed E-state index contributed by atoms with van der Waals surface area (Å²) in [5.41, 5.74) is 6.80. The van der Waals surface area contributed by atoms with Gasteiger partial charge in [-0.1, -0.05) is 23.7 Å². The van der Waals surface area contributed by atoms with E-state index in [0.29, 0.717) is 0 Å². The molecule has 0 saturated heterocycles. The average molecular weight is 475 g/mol. The van der Waals surface area contributed by atoms with E-state index < -0.39 is 0 Å². The van der Waals surface area contributed by atoms with Crippen LogP contribution in [-0.4, -0.2) is 28.6 Å². The monoisotopic (exact) mass is 474 g/mol. The van der Waals surface area contributed by atoms with Gasteiger partial charge in [0.15, 0.2) is 5.13 Å². The average Bonchev–Trinajstić information content (AvgIpc) is 3.49. The van der Waals surface area contributed by atoms with E-state index in [1.54, 1.807) is 24.6 Å². The van der Waals surface area contributed by atoms with Crippen LogP contribution in [-0.2, 0) is 6.42 Å². The first-order chi connectivity index (χ1) is 16.2. The number of hydrogen-bond acceptors (Lipinski definition) is 5. The Bertz CT molecular complexity index is 1430. The highest BCUT2D eigenvalue weighted by Crippen LogP contribution is 2.43. The maximum atomic E-state index is 6.34. The second-order valence-corrected chi connectivity index (χ2v) is 9.36. The van der Waals surface area contributed by atoms with Crippen LogP contribution < -0.4 is 9.64 Å². The summed E-state index contributed by atoms with van der Waals surface area (Å²) in [6.07, 6.45) is 4.56. The minimum Gasteiger partial charge on any atom is -0.497 e. The second-order valence-electron chi connectivity index (χ2n) is 8.08. The molecular formula is C26H23ClN4OS. The summed E-state index contributed by atoms with van der Waals surface area (Å²) in [7, 11) is 1.69. The number of pyridine rings is 1. The highest BCUT2D eigenvalue weighted by molar-refractivity contribution is 7.14. The van der Waals surface area contributed by atoms with Gasteiger partial charge in [0.25, 0.3) is 0 Å². The van der Waals surface area contributed by atoms with Crippen LogP contribution >= 0.6 is 22.9 Å². The Morgan fingerprint density at radius 1 is 1.18 bits per heavy atom. The Balaban J connectivity index is 0.00000241. The van der Waals surface area contributed by atoms with Gasteiger partial charge in [0.1, 0.15) is 5.75 Å². The maximum absolute atomic E-state index is 6.34. The fourth-order valence-corrected chi connectivity index (χ4v) is 5.70. The quantitative estimate of drug-likeness (QED) is 0.313. The lowest BCUT2D eigenvalue weighted by Gasteiger charge is -2.36. The molecule has 1 unspecified atom stereocenters. The lowest BCUT2D eigenvalue weighted by Crippen LogP contribution is -2.36. The highest BCUT2D eigenvalue weighted by Gasteiger charge is 2.33. The van der Waals surface area contributed by atoms with Crippen molar-refractivity contribution in [1.29, 1.82) is 0 Å². The maximum Gasteiger partial charge on any atom is 0.186 e. The van der Waals surface area contributed by atoms with Crippen LogP contribution in [0.25, 0.3) is 22.2 Å².